The minimum Gasteiger partial charge on any atom is -0.310 e. The second-order valence-electron chi connectivity index (χ2n) is 5.01. The molecule has 0 aliphatic heterocycles. The summed E-state index contributed by atoms with van der Waals surface area (Å²) < 4.78 is 0. The van der Waals surface area contributed by atoms with E-state index in [0.29, 0.717) is 6.04 Å². The molecule has 1 aliphatic rings. The topological polar surface area (TPSA) is 12.0 Å². The smallest absolute Gasteiger partial charge is 0.0302 e. The van der Waals surface area contributed by atoms with Crippen molar-refractivity contribution in [2.45, 2.75) is 65.3 Å². The van der Waals surface area contributed by atoms with Gasteiger partial charge in [0.15, 0.2) is 0 Å². The lowest BCUT2D eigenvalue weighted by Crippen LogP contribution is -2.35. The average molecular weight is 209 g/mol. The van der Waals surface area contributed by atoms with Crippen LogP contribution in [0, 0.1) is 5.92 Å². The largest absolute Gasteiger partial charge is 0.310 e. The first-order valence-electron chi connectivity index (χ1n) is 6.68. The van der Waals surface area contributed by atoms with E-state index < -0.39 is 0 Å². The van der Waals surface area contributed by atoms with Crippen molar-refractivity contribution in [1.82, 2.24) is 5.32 Å². The third kappa shape index (κ3) is 4.38. The summed E-state index contributed by atoms with van der Waals surface area (Å²) in [5.74, 6) is 0.718. The van der Waals surface area contributed by atoms with Crippen LogP contribution in [0.15, 0.2) is 11.6 Å². The van der Waals surface area contributed by atoms with Gasteiger partial charge in [0.2, 0.25) is 0 Å². The Morgan fingerprint density at radius 3 is 2.60 bits per heavy atom. The summed E-state index contributed by atoms with van der Waals surface area (Å²) >= 11 is 0. The highest BCUT2D eigenvalue weighted by Gasteiger charge is 2.17. The second kappa shape index (κ2) is 7.05. The molecule has 0 spiro atoms. The van der Waals surface area contributed by atoms with Crippen molar-refractivity contribution in [3.05, 3.63) is 11.6 Å². The fourth-order valence-corrected chi connectivity index (χ4v) is 2.51. The molecular weight excluding hydrogens is 182 g/mol. The standard InChI is InChI=1S/C14H27N/c1-4-15-14(12(2)3)13-10-8-6-5-7-9-11-13/h10,12,14-15H,4-9,11H2,1-3H3. The van der Waals surface area contributed by atoms with Crippen LogP contribution in [0.25, 0.3) is 0 Å². The quantitative estimate of drug-likeness (QED) is 0.692. The Balaban J connectivity index is 2.61. The molecule has 1 unspecified atom stereocenters. The molecule has 1 nitrogen and oxygen atoms in total. The van der Waals surface area contributed by atoms with E-state index >= 15 is 0 Å². The Labute approximate surface area is 95.3 Å². The van der Waals surface area contributed by atoms with Gasteiger partial charge in [0.25, 0.3) is 0 Å². The molecule has 88 valence electrons. The summed E-state index contributed by atoms with van der Waals surface area (Å²) in [4.78, 5) is 0. The van der Waals surface area contributed by atoms with E-state index in [0.717, 1.165) is 12.5 Å². The normalized spacial score (nSPS) is 20.7. The van der Waals surface area contributed by atoms with E-state index in [9.17, 15) is 0 Å². The molecule has 0 saturated carbocycles. The number of hydrogen-bond donors (Lipinski definition) is 1. The molecule has 1 atom stereocenters. The van der Waals surface area contributed by atoms with Crippen LogP contribution in [-0.2, 0) is 0 Å². The van der Waals surface area contributed by atoms with Gasteiger partial charge in [-0.1, -0.05) is 45.3 Å². The minimum atomic E-state index is 0.619. The van der Waals surface area contributed by atoms with E-state index in [1.807, 2.05) is 0 Å². The van der Waals surface area contributed by atoms with Crippen LogP contribution in [0.2, 0.25) is 0 Å². The zero-order valence-corrected chi connectivity index (χ0v) is 10.7. The fraction of sp³-hybridized carbons (Fsp3) is 0.857. The van der Waals surface area contributed by atoms with E-state index in [1.54, 1.807) is 5.57 Å². The van der Waals surface area contributed by atoms with Crippen LogP contribution in [0.4, 0.5) is 0 Å². The van der Waals surface area contributed by atoms with Gasteiger partial charge in [-0.15, -0.1) is 0 Å². The maximum absolute atomic E-state index is 3.63. The molecule has 0 amide bonds. The van der Waals surface area contributed by atoms with E-state index in [-0.39, 0.29) is 0 Å². The SMILES string of the molecule is CCNC(C1=CCCCCCC1)C(C)C. The van der Waals surface area contributed by atoms with Crippen molar-refractivity contribution in [2.24, 2.45) is 5.92 Å². The third-order valence-corrected chi connectivity index (χ3v) is 3.32. The van der Waals surface area contributed by atoms with Crippen molar-refractivity contribution in [3.8, 4) is 0 Å². The maximum Gasteiger partial charge on any atom is 0.0302 e. The van der Waals surface area contributed by atoms with Gasteiger partial charge in [-0.05, 0) is 38.1 Å². The van der Waals surface area contributed by atoms with Gasteiger partial charge in [-0.2, -0.15) is 0 Å². The lowest BCUT2D eigenvalue weighted by Gasteiger charge is -2.26. The van der Waals surface area contributed by atoms with Gasteiger partial charge in [-0.3, -0.25) is 0 Å². The molecular formula is C14H27N. The van der Waals surface area contributed by atoms with Crippen LogP contribution in [-0.4, -0.2) is 12.6 Å². The van der Waals surface area contributed by atoms with Crippen molar-refractivity contribution < 1.29 is 0 Å². The molecule has 0 saturated heterocycles. The van der Waals surface area contributed by atoms with Gasteiger partial charge >= 0.3 is 0 Å². The molecule has 0 radical (unpaired) electrons. The van der Waals surface area contributed by atoms with Crippen molar-refractivity contribution in [2.75, 3.05) is 6.54 Å². The summed E-state index contributed by atoms with van der Waals surface area (Å²) in [5.41, 5.74) is 1.67. The lowest BCUT2D eigenvalue weighted by atomic mass is 9.89. The Kier molecular flexibility index (Phi) is 6.00. The van der Waals surface area contributed by atoms with E-state index in [4.69, 9.17) is 0 Å². The summed E-state index contributed by atoms with van der Waals surface area (Å²) in [5, 5.41) is 3.63. The number of likely N-dealkylation sites (N-methyl/N-ethyl adjacent to an activating group) is 1. The Morgan fingerprint density at radius 2 is 1.93 bits per heavy atom. The molecule has 0 aromatic heterocycles. The van der Waals surface area contributed by atoms with Crippen LogP contribution in [0.5, 0.6) is 0 Å². The van der Waals surface area contributed by atoms with Crippen molar-refractivity contribution in [3.63, 3.8) is 0 Å². The summed E-state index contributed by atoms with van der Waals surface area (Å²) in [6, 6.07) is 0.619. The number of nitrogens with one attached hydrogen (secondary N) is 1. The second-order valence-corrected chi connectivity index (χ2v) is 5.01. The lowest BCUT2D eigenvalue weighted by molar-refractivity contribution is 0.436. The number of hydrogen-bond acceptors (Lipinski definition) is 1. The minimum absolute atomic E-state index is 0.619. The third-order valence-electron chi connectivity index (χ3n) is 3.32. The fourth-order valence-electron chi connectivity index (χ4n) is 2.51. The molecule has 15 heavy (non-hydrogen) atoms. The van der Waals surface area contributed by atoms with Crippen LogP contribution in [0.3, 0.4) is 0 Å². The molecule has 0 heterocycles. The summed E-state index contributed by atoms with van der Waals surface area (Å²) in [6.07, 6.45) is 10.7. The van der Waals surface area contributed by atoms with Crippen LogP contribution < -0.4 is 5.32 Å². The van der Waals surface area contributed by atoms with Crippen LogP contribution >= 0.6 is 0 Å². The van der Waals surface area contributed by atoms with Crippen LogP contribution in [0.1, 0.15) is 59.3 Å². The highest BCUT2D eigenvalue weighted by Crippen LogP contribution is 2.23. The monoisotopic (exact) mass is 209 g/mol. The molecule has 1 rings (SSSR count). The Bertz CT molecular complexity index is 194. The molecule has 0 aromatic rings. The summed E-state index contributed by atoms with van der Waals surface area (Å²) in [7, 11) is 0. The molecule has 1 aliphatic carbocycles. The molecule has 0 aromatic carbocycles. The first-order chi connectivity index (χ1) is 7.25. The number of allylic oxidation sites excluding steroid dienone is 1. The predicted octanol–water partition coefficient (Wildman–Crippen LogP) is 3.90. The summed E-state index contributed by atoms with van der Waals surface area (Å²) in [6.45, 7) is 7.94. The van der Waals surface area contributed by atoms with Gasteiger partial charge in [0.1, 0.15) is 0 Å². The predicted molar refractivity (Wildman–Crippen MR) is 68.1 cm³/mol. The van der Waals surface area contributed by atoms with Crippen molar-refractivity contribution >= 4 is 0 Å². The first kappa shape index (κ1) is 12.8. The van der Waals surface area contributed by atoms with Gasteiger partial charge in [-0.25, -0.2) is 0 Å². The highest BCUT2D eigenvalue weighted by molar-refractivity contribution is 5.12. The Morgan fingerprint density at radius 1 is 1.20 bits per heavy atom. The molecule has 0 fully saturated rings. The van der Waals surface area contributed by atoms with Gasteiger partial charge in [0, 0.05) is 6.04 Å². The van der Waals surface area contributed by atoms with Gasteiger partial charge < -0.3 is 5.32 Å². The zero-order valence-electron chi connectivity index (χ0n) is 10.7. The van der Waals surface area contributed by atoms with Crippen molar-refractivity contribution in [1.29, 1.82) is 0 Å². The van der Waals surface area contributed by atoms with E-state index in [2.05, 4.69) is 32.2 Å². The molecule has 1 N–H and O–H groups in total. The van der Waals surface area contributed by atoms with Gasteiger partial charge in [0.05, 0.1) is 0 Å². The maximum atomic E-state index is 3.63. The zero-order chi connectivity index (χ0) is 11.1. The molecule has 0 bridgehead atoms. The average Bonchev–Trinajstić information content (AvgIpc) is 2.14. The highest BCUT2D eigenvalue weighted by atomic mass is 14.9. The van der Waals surface area contributed by atoms with E-state index in [1.165, 1.54) is 38.5 Å². The first-order valence-corrected chi connectivity index (χ1v) is 6.68. The molecule has 1 heteroatoms. The Hall–Kier alpha value is -0.300. The number of rotatable bonds is 4.